The first-order chi connectivity index (χ1) is 8.01. The summed E-state index contributed by atoms with van der Waals surface area (Å²) in [6, 6.07) is 8.89. The molecule has 1 nitrogen and oxygen atoms in total. The van der Waals surface area contributed by atoms with Gasteiger partial charge in [-0.05, 0) is 50.0 Å². The molecule has 1 aromatic rings. The Labute approximate surface area is 105 Å². The topological polar surface area (TPSA) is 20.2 Å². The van der Waals surface area contributed by atoms with Crippen molar-refractivity contribution in [3.63, 3.8) is 0 Å². The molecule has 1 aromatic carbocycles. The van der Waals surface area contributed by atoms with Gasteiger partial charge in [-0.2, -0.15) is 0 Å². The van der Waals surface area contributed by atoms with E-state index in [-0.39, 0.29) is 0 Å². The van der Waals surface area contributed by atoms with E-state index in [2.05, 4.69) is 45.0 Å². The average molecular weight is 232 g/mol. The van der Waals surface area contributed by atoms with Crippen molar-refractivity contribution in [2.75, 3.05) is 0 Å². The Morgan fingerprint density at radius 1 is 1.12 bits per heavy atom. The highest BCUT2D eigenvalue weighted by Gasteiger charge is 2.35. The zero-order chi connectivity index (χ0) is 12.5. The highest BCUT2D eigenvalue weighted by atomic mass is 16.3. The van der Waals surface area contributed by atoms with E-state index in [0.717, 1.165) is 25.7 Å². The third kappa shape index (κ3) is 2.71. The normalized spacial score (nSPS) is 29.6. The maximum atomic E-state index is 10.5. The molecular formula is C16H24O. The van der Waals surface area contributed by atoms with Crippen LogP contribution in [0.5, 0.6) is 0 Å². The maximum absolute atomic E-state index is 10.5. The lowest BCUT2D eigenvalue weighted by Gasteiger charge is -2.39. The molecule has 0 bridgehead atoms. The third-order valence-electron chi connectivity index (χ3n) is 4.47. The van der Waals surface area contributed by atoms with Gasteiger partial charge in [-0.25, -0.2) is 0 Å². The van der Waals surface area contributed by atoms with Crippen LogP contribution in [0.25, 0.3) is 0 Å². The summed E-state index contributed by atoms with van der Waals surface area (Å²) in [7, 11) is 0. The molecule has 0 amide bonds. The second-order valence-electron chi connectivity index (χ2n) is 5.94. The lowest BCUT2D eigenvalue weighted by atomic mass is 9.71. The second-order valence-corrected chi connectivity index (χ2v) is 5.94. The average Bonchev–Trinajstić information content (AvgIpc) is 2.31. The minimum atomic E-state index is -0.415. The number of hydrogen-bond donors (Lipinski definition) is 1. The van der Waals surface area contributed by atoms with Crippen molar-refractivity contribution in [1.82, 2.24) is 0 Å². The van der Waals surface area contributed by atoms with Gasteiger partial charge >= 0.3 is 0 Å². The smallest absolute Gasteiger partial charge is 0.0671 e. The van der Waals surface area contributed by atoms with Crippen molar-refractivity contribution < 1.29 is 5.11 Å². The standard InChI is InChI=1S/C16H24O/c1-12(2)16(17)10-8-15(9-11-16)14-6-4-13(3)5-7-14/h4-7,12,15,17H,8-11H2,1-3H3/t15-,16-. The van der Waals surface area contributed by atoms with E-state index in [0.29, 0.717) is 11.8 Å². The predicted octanol–water partition coefficient (Wildman–Crippen LogP) is 4.04. The SMILES string of the molecule is Cc1ccc([C@H]2CC[C@@](O)(C(C)C)CC2)cc1. The number of benzene rings is 1. The monoisotopic (exact) mass is 232 g/mol. The van der Waals surface area contributed by atoms with Crippen LogP contribution in [0.2, 0.25) is 0 Å². The summed E-state index contributed by atoms with van der Waals surface area (Å²) in [5.74, 6) is 1.02. The van der Waals surface area contributed by atoms with Crippen molar-refractivity contribution in [1.29, 1.82) is 0 Å². The first-order valence-electron chi connectivity index (χ1n) is 6.80. The van der Waals surface area contributed by atoms with Crippen LogP contribution in [-0.2, 0) is 0 Å². The van der Waals surface area contributed by atoms with Crippen LogP contribution >= 0.6 is 0 Å². The minimum Gasteiger partial charge on any atom is -0.390 e. The van der Waals surface area contributed by atoms with Crippen LogP contribution in [0.3, 0.4) is 0 Å². The molecule has 0 radical (unpaired) electrons. The van der Waals surface area contributed by atoms with Crippen molar-refractivity contribution in [2.45, 2.75) is 58.0 Å². The lowest BCUT2D eigenvalue weighted by molar-refractivity contribution is -0.0409. The molecule has 0 atom stereocenters. The highest BCUT2D eigenvalue weighted by molar-refractivity contribution is 5.25. The summed E-state index contributed by atoms with van der Waals surface area (Å²) in [6.45, 7) is 6.39. The van der Waals surface area contributed by atoms with Gasteiger partial charge in [0.15, 0.2) is 0 Å². The fourth-order valence-electron chi connectivity index (χ4n) is 2.87. The molecule has 17 heavy (non-hydrogen) atoms. The first-order valence-corrected chi connectivity index (χ1v) is 6.80. The predicted molar refractivity (Wildman–Crippen MR) is 72.2 cm³/mol. The molecule has 1 heteroatoms. The quantitative estimate of drug-likeness (QED) is 0.816. The molecule has 2 rings (SSSR count). The summed E-state index contributed by atoms with van der Waals surface area (Å²) < 4.78 is 0. The summed E-state index contributed by atoms with van der Waals surface area (Å²) >= 11 is 0. The Hall–Kier alpha value is -0.820. The summed E-state index contributed by atoms with van der Waals surface area (Å²) in [6.07, 6.45) is 4.14. The minimum absolute atomic E-state index is 0.376. The van der Waals surface area contributed by atoms with Crippen molar-refractivity contribution >= 4 is 0 Å². The van der Waals surface area contributed by atoms with E-state index >= 15 is 0 Å². The molecule has 0 aromatic heterocycles. The molecule has 1 fully saturated rings. The molecular weight excluding hydrogens is 208 g/mol. The van der Waals surface area contributed by atoms with Gasteiger partial charge < -0.3 is 5.11 Å². The summed E-state index contributed by atoms with van der Waals surface area (Å²) in [4.78, 5) is 0. The zero-order valence-corrected chi connectivity index (χ0v) is 11.2. The Morgan fingerprint density at radius 2 is 1.65 bits per heavy atom. The van der Waals surface area contributed by atoms with Crippen LogP contribution in [-0.4, -0.2) is 10.7 Å². The molecule has 0 spiro atoms. The molecule has 1 saturated carbocycles. The van der Waals surface area contributed by atoms with E-state index in [1.54, 1.807) is 0 Å². The fraction of sp³-hybridized carbons (Fsp3) is 0.625. The van der Waals surface area contributed by atoms with Crippen molar-refractivity contribution in [2.24, 2.45) is 5.92 Å². The molecule has 0 aliphatic heterocycles. The Bertz CT molecular complexity index is 356. The Balaban J connectivity index is 2.02. The van der Waals surface area contributed by atoms with E-state index in [1.165, 1.54) is 11.1 Å². The largest absolute Gasteiger partial charge is 0.390 e. The number of hydrogen-bond acceptors (Lipinski definition) is 1. The van der Waals surface area contributed by atoms with Gasteiger partial charge in [0, 0.05) is 0 Å². The van der Waals surface area contributed by atoms with Crippen LogP contribution in [0.1, 0.15) is 56.6 Å². The maximum Gasteiger partial charge on any atom is 0.0671 e. The summed E-state index contributed by atoms with van der Waals surface area (Å²) in [5.41, 5.74) is 2.35. The van der Waals surface area contributed by atoms with Gasteiger partial charge in [-0.3, -0.25) is 0 Å². The molecule has 0 unspecified atom stereocenters. The number of rotatable bonds is 2. The molecule has 0 saturated heterocycles. The van der Waals surface area contributed by atoms with E-state index in [4.69, 9.17) is 0 Å². The van der Waals surface area contributed by atoms with E-state index in [1.807, 2.05) is 0 Å². The van der Waals surface area contributed by atoms with E-state index < -0.39 is 5.60 Å². The van der Waals surface area contributed by atoms with Gasteiger partial charge in [0.25, 0.3) is 0 Å². The van der Waals surface area contributed by atoms with Crippen LogP contribution in [0.4, 0.5) is 0 Å². The Kier molecular flexibility index (Phi) is 3.58. The first kappa shape index (κ1) is 12.6. The van der Waals surface area contributed by atoms with Gasteiger partial charge in [0.05, 0.1) is 5.60 Å². The molecule has 1 aliphatic carbocycles. The summed E-state index contributed by atoms with van der Waals surface area (Å²) in [5, 5.41) is 10.5. The van der Waals surface area contributed by atoms with E-state index in [9.17, 15) is 5.11 Å². The fourth-order valence-corrected chi connectivity index (χ4v) is 2.87. The molecule has 1 aliphatic rings. The molecule has 0 heterocycles. The van der Waals surface area contributed by atoms with Crippen LogP contribution in [0.15, 0.2) is 24.3 Å². The second kappa shape index (κ2) is 4.81. The number of aliphatic hydroxyl groups is 1. The lowest BCUT2D eigenvalue weighted by Crippen LogP contribution is -2.38. The highest BCUT2D eigenvalue weighted by Crippen LogP contribution is 2.41. The Morgan fingerprint density at radius 3 is 2.12 bits per heavy atom. The molecule has 1 N–H and O–H groups in total. The van der Waals surface area contributed by atoms with Crippen molar-refractivity contribution in [3.8, 4) is 0 Å². The number of aryl methyl sites for hydroxylation is 1. The van der Waals surface area contributed by atoms with Crippen molar-refractivity contribution in [3.05, 3.63) is 35.4 Å². The molecule has 94 valence electrons. The van der Waals surface area contributed by atoms with Gasteiger partial charge in [-0.1, -0.05) is 43.7 Å². The van der Waals surface area contributed by atoms with Gasteiger partial charge in [0.1, 0.15) is 0 Å². The van der Waals surface area contributed by atoms with Crippen LogP contribution < -0.4 is 0 Å². The third-order valence-corrected chi connectivity index (χ3v) is 4.47. The van der Waals surface area contributed by atoms with Gasteiger partial charge in [0.2, 0.25) is 0 Å². The van der Waals surface area contributed by atoms with Crippen LogP contribution in [0, 0.1) is 12.8 Å². The zero-order valence-electron chi connectivity index (χ0n) is 11.2. The van der Waals surface area contributed by atoms with Gasteiger partial charge in [-0.15, -0.1) is 0 Å².